The third-order valence-corrected chi connectivity index (χ3v) is 2.21. The van der Waals surface area contributed by atoms with Gasteiger partial charge in [0.05, 0.1) is 4.92 Å². The van der Waals surface area contributed by atoms with Crippen molar-refractivity contribution in [1.82, 2.24) is 0 Å². The molecule has 0 spiro atoms. The first kappa shape index (κ1) is 9.39. The minimum absolute atomic E-state index is 0.0891. The second kappa shape index (κ2) is 3.53. The van der Waals surface area contributed by atoms with Crippen LogP contribution < -0.4 is 5.73 Å². The van der Waals surface area contributed by atoms with Crippen molar-refractivity contribution < 1.29 is 4.92 Å². The van der Waals surface area contributed by atoms with Crippen molar-refractivity contribution in [2.24, 2.45) is 10.7 Å². The maximum Gasteiger partial charge on any atom is 0.269 e. The van der Waals surface area contributed by atoms with E-state index in [9.17, 15) is 10.1 Å². The molecule has 0 radical (unpaired) electrons. The van der Waals surface area contributed by atoms with Crippen molar-refractivity contribution >= 4 is 17.1 Å². The van der Waals surface area contributed by atoms with Gasteiger partial charge >= 0.3 is 0 Å². The Balaban J connectivity index is 2.22. The van der Waals surface area contributed by atoms with Crippen LogP contribution in [0.3, 0.4) is 0 Å². The molecule has 1 aliphatic rings. The number of nitro groups is 1. The van der Waals surface area contributed by atoms with Crippen LogP contribution in [0.1, 0.15) is 12.0 Å². The highest BCUT2D eigenvalue weighted by Gasteiger charge is 2.11. The minimum Gasteiger partial charge on any atom is -0.387 e. The molecule has 0 atom stereocenters. The third-order valence-electron chi connectivity index (χ3n) is 2.21. The van der Waals surface area contributed by atoms with E-state index in [0.717, 1.165) is 11.1 Å². The monoisotopic (exact) mass is 203 g/mol. The highest BCUT2D eigenvalue weighted by Crippen LogP contribution is 2.24. The summed E-state index contributed by atoms with van der Waals surface area (Å²) in [7, 11) is 0. The summed E-state index contributed by atoms with van der Waals surface area (Å²) in [5.74, 6) is 0.573. The van der Waals surface area contributed by atoms with E-state index in [0.29, 0.717) is 12.3 Å². The Morgan fingerprint density at radius 1 is 1.33 bits per heavy atom. The maximum atomic E-state index is 10.4. The van der Waals surface area contributed by atoms with Crippen LogP contribution in [0.4, 0.5) is 5.69 Å². The van der Waals surface area contributed by atoms with Gasteiger partial charge in [-0.2, -0.15) is 0 Å². The van der Waals surface area contributed by atoms with E-state index >= 15 is 0 Å². The predicted molar refractivity (Wildman–Crippen MR) is 57.3 cm³/mol. The molecule has 1 aromatic rings. The van der Waals surface area contributed by atoms with E-state index in [1.807, 2.05) is 0 Å². The Kier molecular flexibility index (Phi) is 2.21. The summed E-state index contributed by atoms with van der Waals surface area (Å²) in [4.78, 5) is 14.0. The smallest absolute Gasteiger partial charge is 0.269 e. The lowest BCUT2D eigenvalue weighted by Gasteiger charge is -2.00. The van der Waals surface area contributed by atoms with Crippen LogP contribution in [0.2, 0.25) is 0 Å². The summed E-state index contributed by atoms with van der Waals surface area (Å²) in [6.07, 6.45) is 2.30. The second-order valence-corrected chi connectivity index (χ2v) is 3.26. The van der Waals surface area contributed by atoms with Crippen molar-refractivity contribution in [2.45, 2.75) is 6.42 Å². The molecule has 0 aromatic heterocycles. The van der Waals surface area contributed by atoms with Crippen molar-refractivity contribution in [2.75, 3.05) is 0 Å². The Bertz CT molecular complexity index is 460. The molecule has 2 N–H and O–H groups in total. The van der Waals surface area contributed by atoms with Crippen LogP contribution in [-0.2, 0) is 0 Å². The molecule has 0 saturated carbocycles. The van der Waals surface area contributed by atoms with Gasteiger partial charge in [-0.15, -0.1) is 0 Å². The largest absolute Gasteiger partial charge is 0.387 e. The fourth-order valence-corrected chi connectivity index (χ4v) is 1.42. The SMILES string of the molecule is NC1=NC=C(c2ccc([N+](=O)[O-])cc2)C1. The van der Waals surface area contributed by atoms with Crippen LogP contribution >= 0.6 is 0 Å². The van der Waals surface area contributed by atoms with E-state index < -0.39 is 4.92 Å². The molecule has 76 valence electrons. The third kappa shape index (κ3) is 1.85. The van der Waals surface area contributed by atoms with Gasteiger partial charge in [0.15, 0.2) is 0 Å². The number of nitrogens with zero attached hydrogens (tertiary/aromatic N) is 2. The molecular formula is C10H9N3O2. The van der Waals surface area contributed by atoms with Crippen molar-refractivity contribution in [3.05, 3.63) is 46.1 Å². The van der Waals surface area contributed by atoms with Gasteiger partial charge in [-0.05, 0) is 23.3 Å². The number of non-ortho nitro benzene ring substituents is 1. The summed E-state index contributed by atoms with van der Waals surface area (Å²) in [6.45, 7) is 0. The van der Waals surface area contributed by atoms with Gasteiger partial charge in [0.2, 0.25) is 0 Å². The molecule has 0 aliphatic carbocycles. The van der Waals surface area contributed by atoms with E-state index in [4.69, 9.17) is 5.73 Å². The highest BCUT2D eigenvalue weighted by atomic mass is 16.6. The van der Waals surface area contributed by atoms with Gasteiger partial charge in [0.25, 0.3) is 5.69 Å². The molecule has 1 aromatic carbocycles. The fourth-order valence-electron chi connectivity index (χ4n) is 1.42. The van der Waals surface area contributed by atoms with Gasteiger partial charge in [0, 0.05) is 24.8 Å². The molecule has 1 heterocycles. The van der Waals surface area contributed by atoms with Crippen LogP contribution in [0, 0.1) is 10.1 Å². The van der Waals surface area contributed by atoms with Gasteiger partial charge in [-0.3, -0.25) is 10.1 Å². The number of hydrogen-bond acceptors (Lipinski definition) is 4. The molecular weight excluding hydrogens is 194 g/mol. The fraction of sp³-hybridized carbons (Fsp3) is 0.100. The van der Waals surface area contributed by atoms with Crippen LogP contribution in [0.15, 0.2) is 35.5 Å². The Hall–Kier alpha value is -2.17. The maximum absolute atomic E-state index is 10.4. The lowest BCUT2D eigenvalue weighted by atomic mass is 10.0. The van der Waals surface area contributed by atoms with Crippen molar-refractivity contribution in [1.29, 1.82) is 0 Å². The van der Waals surface area contributed by atoms with Crippen LogP contribution in [0.25, 0.3) is 5.57 Å². The van der Waals surface area contributed by atoms with Gasteiger partial charge in [-0.1, -0.05) is 0 Å². The summed E-state index contributed by atoms with van der Waals surface area (Å²) in [5.41, 5.74) is 7.53. The first-order valence-electron chi connectivity index (χ1n) is 4.43. The molecule has 2 rings (SSSR count). The van der Waals surface area contributed by atoms with Crippen LogP contribution in [0.5, 0.6) is 0 Å². The number of aliphatic imine (C=N–C) groups is 1. The summed E-state index contributed by atoms with van der Waals surface area (Å²) in [5, 5.41) is 10.4. The minimum atomic E-state index is -0.419. The Morgan fingerprint density at radius 3 is 2.47 bits per heavy atom. The van der Waals surface area contributed by atoms with Crippen LogP contribution in [-0.4, -0.2) is 10.8 Å². The standard InChI is InChI=1S/C10H9N3O2/c11-10-5-8(6-12-10)7-1-3-9(4-2-7)13(14)15/h1-4,6H,5H2,(H2,11,12). The molecule has 0 unspecified atom stereocenters. The first-order chi connectivity index (χ1) is 7.16. The number of hydrogen-bond donors (Lipinski definition) is 1. The number of rotatable bonds is 2. The Morgan fingerprint density at radius 2 is 2.00 bits per heavy atom. The quantitative estimate of drug-likeness (QED) is 0.586. The average molecular weight is 203 g/mol. The molecule has 0 fully saturated rings. The normalized spacial score (nSPS) is 14.7. The van der Waals surface area contributed by atoms with Gasteiger partial charge in [-0.25, -0.2) is 4.99 Å². The zero-order chi connectivity index (χ0) is 10.8. The molecule has 5 heteroatoms. The second-order valence-electron chi connectivity index (χ2n) is 3.26. The zero-order valence-corrected chi connectivity index (χ0v) is 7.88. The highest BCUT2D eigenvalue weighted by molar-refractivity contribution is 5.95. The number of nitrogens with two attached hydrogens (primary N) is 1. The molecule has 1 aliphatic heterocycles. The van der Waals surface area contributed by atoms with Crippen molar-refractivity contribution in [3.8, 4) is 0 Å². The summed E-state index contributed by atoms with van der Waals surface area (Å²) in [6, 6.07) is 6.37. The molecule has 0 amide bonds. The molecule has 5 nitrogen and oxygen atoms in total. The zero-order valence-electron chi connectivity index (χ0n) is 7.88. The van der Waals surface area contributed by atoms with Crippen molar-refractivity contribution in [3.63, 3.8) is 0 Å². The lowest BCUT2D eigenvalue weighted by Crippen LogP contribution is -2.07. The summed E-state index contributed by atoms with van der Waals surface area (Å²) < 4.78 is 0. The molecule has 0 bridgehead atoms. The van der Waals surface area contributed by atoms with Gasteiger partial charge < -0.3 is 5.73 Å². The van der Waals surface area contributed by atoms with E-state index in [1.165, 1.54) is 12.1 Å². The predicted octanol–water partition coefficient (Wildman–Crippen LogP) is 1.70. The molecule has 15 heavy (non-hydrogen) atoms. The van der Waals surface area contributed by atoms with E-state index in [1.54, 1.807) is 18.3 Å². The number of amidine groups is 1. The first-order valence-corrected chi connectivity index (χ1v) is 4.43. The Labute approximate surface area is 86.1 Å². The number of benzene rings is 1. The van der Waals surface area contributed by atoms with E-state index in [-0.39, 0.29) is 5.69 Å². The van der Waals surface area contributed by atoms with E-state index in [2.05, 4.69) is 4.99 Å². The topological polar surface area (TPSA) is 81.5 Å². The summed E-state index contributed by atoms with van der Waals surface area (Å²) >= 11 is 0. The van der Waals surface area contributed by atoms with Gasteiger partial charge in [0.1, 0.15) is 5.84 Å². The number of nitro benzene ring substituents is 1. The lowest BCUT2D eigenvalue weighted by molar-refractivity contribution is -0.384. The average Bonchev–Trinajstić information content (AvgIpc) is 2.65. The molecule has 0 saturated heterocycles.